The van der Waals surface area contributed by atoms with Crippen LogP contribution in [0.3, 0.4) is 0 Å². The lowest BCUT2D eigenvalue weighted by Crippen LogP contribution is -2.78. The molecule has 7 N–H and O–H groups in total. The van der Waals surface area contributed by atoms with E-state index in [2.05, 4.69) is 5.32 Å². The number of aromatic nitrogens is 1. The summed E-state index contributed by atoms with van der Waals surface area (Å²) in [6.07, 6.45) is 14.4. The van der Waals surface area contributed by atoms with Crippen LogP contribution in [-0.4, -0.2) is 95.6 Å². The molecule has 7 spiro atoms. The van der Waals surface area contributed by atoms with Crippen LogP contribution in [0.1, 0.15) is 153 Å². The summed E-state index contributed by atoms with van der Waals surface area (Å²) >= 11 is 0. The molecule has 12 heteroatoms. The molecule has 12 nitrogen and oxygen atoms in total. The van der Waals surface area contributed by atoms with Crippen LogP contribution in [0.25, 0.3) is 10.8 Å². The number of aromatic hydroxyl groups is 1. The number of hydrogen-bond acceptors (Lipinski definition) is 12. The van der Waals surface area contributed by atoms with E-state index in [-0.39, 0.29) is 56.5 Å². The smallest absolute Gasteiger partial charge is 0.260 e. The van der Waals surface area contributed by atoms with Crippen molar-refractivity contribution in [3.63, 3.8) is 0 Å². The molecule has 1 aromatic heterocycles. The monoisotopic (exact) mass is 884 g/mol. The van der Waals surface area contributed by atoms with Crippen LogP contribution in [0, 0.1) is 34.0 Å². The van der Waals surface area contributed by atoms with Crippen LogP contribution in [0.2, 0.25) is 0 Å². The largest absolute Gasteiger partial charge is 0.507 e. The van der Waals surface area contributed by atoms with Gasteiger partial charge >= 0.3 is 0 Å². The average Bonchev–Trinajstić information content (AvgIpc) is 4.16. The fourth-order valence-electron chi connectivity index (χ4n) is 17.2. The number of anilines is 1. The van der Waals surface area contributed by atoms with Crippen LogP contribution in [0.4, 0.5) is 5.82 Å². The molecule has 8 atom stereocenters. The Kier molecular flexibility index (Phi) is 8.39. The number of carbonyl (C=O) groups excluding carboxylic acids is 2. The van der Waals surface area contributed by atoms with Crippen LogP contribution in [-0.2, 0) is 4.74 Å². The van der Waals surface area contributed by atoms with Gasteiger partial charge in [0, 0.05) is 40.1 Å². The third-order valence-corrected chi connectivity index (χ3v) is 19.9. The van der Waals surface area contributed by atoms with E-state index in [1.807, 2.05) is 0 Å². The van der Waals surface area contributed by atoms with Crippen LogP contribution >= 0.6 is 0 Å². The van der Waals surface area contributed by atoms with Crippen LogP contribution in [0.15, 0.2) is 53.8 Å². The number of nitrogens with zero attached hydrogens (tertiary/aromatic N) is 1. The molecule has 65 heavy (non-hydrogen) atoms. The Hall–Kier alpha value is -4.17. The highest BCUT2D eigenvalue weighted by atomic mass is 16.7. The Bertz CT molecular complexity index is 2660. The Morgan fingerprint density at radius 1 is 0.754 bits per heavy atom. The summed E-state index contributed by atoms with van der Waals surface area (Å²) in [6, 6.07) is 6.23. The fraction of sp³-hybridized carbons (Fsp3) is 0.604. The van der Waals surface area contributed by atoms with Crippen molar-refractivity contribution in [1.29, 1.82) is 0 Å². The van der Waals surface area contributed by atoms with E-state index >= 15 is 0 Å². The first kappa shape index (κ1) is 41.1. The van der Waals surface area contributed by atoms with Crippen molar-refractivity contribution in [2.75, 3.05) is 11.9 Å². The zero-order valence-electron chi connectivity index (χ0n) is 37.1. The third-order valence-electron chi connectivity index (χ3n) is 19.9. The number of carbonyl (C=O) groups is 2. The lowest BCUT2D eigenvalue weighted by molar-refractivity contribution is -0.367. The van der Waals surface area contributed by atoms with Crippen molar-refractivity contribution in [1.82, 2.24) is 4.98 Å². The molecule has 0 radical (unpaired) electrons. The quantitative estimate of drug-likeness (QED) is 0.0956. The second kappa shape index (κ2) is 13.3. The first-order chi connectivity index (χ1) is 31.2. The predicted octanol–water partition coefficient (Wildman–Crippen LogP) is 7.00. The van der Waals surface area contributed by atoms with Gasteiger partial charge in [0.25, 0.3) is 5.79 Å². The highest BCUT2D eigenvalue weighted by molar-refractivity contribution is 6.34. The summed E-state index contributed by atoms with van der Waals surface area (Å²) in [7, 11) is 0. The molecule has 5 heterocycles. The van der Waals surface area contributed by atoms with E-state index in [9.17, 15) is 40.2 Å². The molecule has 0 amide bonds. The number of aryl methyl sites for hydroxylation is 1. The van der Waals surface area contributed by atoms with E-state index in [1.165, 1.54) is 6.07 Å². The normalized spacial score (nSPS) is 37.5. The Labute approximate surface area is 378 Å². The molecule has 6 bridgehead atoms. The number of ketones is 2. The maximum absolute atomic E-state index is 14.9. The van der Waals surface area contributed by atoms with Gasteiger partial charge in [-0.05, 0) is 147 Å². The van der Waals surface area contributed by atoms with Gasteiger partial charge in [0.2, 0.25) is 5.78 Å². The van der Waals surface area contributed by atoms with Crippen molar-refractivity contribution in [3.8, 4) is 11.5 Å². The SMILES string of the molecule is Cc1cc(O)c2c(c1)C(=O)c1c(c3cc4c(nccc14)NC[C@H](O)C1(CC4(CCCC4)C4(CCCC4)C1)C1=C4C=C[C@@]5(O3)O[C@@]4([C@@H](O)[C@H](O)[C@H]5O)[C@@H](O)[C@]3(CCC4(CCCC4)C3)C1)C2=O. The lowest BCUT2D eigenvalue weighted by atomic mass is 9.52. The standard InChI is InChI=1S/C53H60N2O10/c1-28-20-31-37(34(56)21-28)41(59)39-35-22-30-29(38(39)40(31)58)9-19-54-45(30)55-24-36(57)51(26-49(12-4-5-13-49)50(27-51)14-6-7-15-50)33-23-48(18-17-47(25-48)10-2-3-11-47)46(63)53-32(33)8-16-52(64-35,65-53)43(61)42(60)44(53)62/h8-9,16,19-22,36,42-44,46,56-57,60-63H,2-7,10-15,17-18,23-27H2,1H3,(H,54,55)/t36-,42+,43+,44-,46-,48+,52+,53-/m0/s1. The molecule has 11 aliphatic rings. The Morgan fingerprint density at radius 2 is 1.45 bits per heavy atom. The van der Waals surface area contributed by atoms with Gasteiger partial charge in [-0.15, -0.1) is 0 Å². The summed E-state index contributed by atoms with van der Waals surface area (Å²) in [6.45, 7) is 1.82. The molecule has 3 aromatic rings. The zero-order valence-corrected chi connectivity index (χ0v) is 37.1. The van der Waals surface area contributed by atoms with Gasteiger partial charge in [-0.25, -0.2) is 4.98 Å². The summed E-state index contributed by atoms with van der Waals surface area (Å²) in [4.78, 5) is 34.5. The van der Waals surface area contributed by atoms with Gasteiger partial charge in [-0.2, -0.15) is 0 Å². The number of aliphatic hydroxyl groups excluding tert-OH is 5. The van der Waals surface area contributed by atoms with Gasteiger partial charge in [0.15, 0.2) is 17.5 Å². The van der Waals surface area contributed by atoms with E-state index in [4.69, 9.17) is 14.5 Å². The molecule has 5 saturated carbocycles. The van der Waals surface area contributed by atoms with Gasteiger partial charge in [0.05, 0.1) is 23.3 Å². The number of phenolic OH excluding ortho intramolecular Hbond substituents is 1. The highest BCUT2D eigenvalue weighted by Crippen LogP contribution is 2.77. The maximum atomic E-state index is 14.9. The number of pyridine rings is 1. The molecule has 2 aromatic carbocycles. The molecule has 0 unspecified atom stereocenters. The molecular formula is C53H60N2O10. The van der Waals surface area contributed by atoms with Gasteiger partial charge in [0.1, 0.15) is 29.5 Å². The minimum Gasteiger partial charge on any atom is -0.507 e. The summed E-state index contributed by atoms with van der Waals surface area (Å²) in [5, 5.41) is 80.0. The van der Waals surface area contributed by atoms with Gasteiger partial charge in [-0.1, -0.05) is 50.2 Å². The van der Waals surface area contributed by atoms with Gasteiger partial charge < -0.3 is 45.4 Å². The average molecular weight is 885 g/mol. The van der Waals surface area contributed by atoms with Crippen LogP contribution in [0.5, 0.6) is 11.5 Å². The first-order valence-corrected chi connectivity index (χ1v) is 24.5. The summed E-state index contributed by atoms with van der Waals surface area (Å²) < 4.78 is 14.2. The molecule has 1 saturated heterocycles. The molecule has 6 fully saturated rings. The summed E-state index contributed by atoms with van der Waals surface area (Å²) in [5.41, 5.74) is -1.86. The molecule has 342 valence electrons. The van der Waals surface area contributed by atoms with Crippen molar-refractivity contribution in [2.24, 2.45) is 27.1 Å². The Morgan fingerprint density at radius 3 is 2.15 bits per heavy atom. The number of ether oxygens (including phenoxy) is 2. The molecule has 14 rings (SSSR count). The van der Waals surface area contributed by atoms with Crippen molar-refractivity contribution < 1.29 is 49.7 Å². The van der Waals surface area contributed by atoms with E-state index < -0.39 is 64.3 Å². The number of rotatable bonds is 0. The first-order valence-electron chi connectivity index (χ1n) is 24.5. The zero-order chi connectivity index (χ0) is 44.7. The third kappa shape index (κ3) is 5.01. The number of aliphatic hydroxyl groups is 5. The number of benzene rings is 2. The van der Waals surface area contributed by atoms with E-state index in [0.29, 0.717) is 47.0 Å². The number of nitrogens with one attached hydrogen (secondary N) is 1. The van der Waals surface area contributed by atoms with Gasteiger partial charge in [-0.3, -0.25) is 9.59 Å². The molecule has 4 aliphatic heterocycles. The van der Waals surface area contributed by atoms with Crippen molar-refractivity contribution in [2.45, 2.75) is 164 Å². The van der Waals surface area contributed by atoms with Crippen molar-refractivity contribution in [3.05, 3.63) is 81.6 Å². The fourth-order valence-corrected chi connectivity index (χ4v) is 17.2. The van der Waals surface area contributed by atoms with Crippen molar-refractivity contribution >= 4 is 28.2 Å². The molecular weight excluding hydrogens is 825 g/mol. The van der Waals surface area contributed by atoms with E-state index in [1.54, 1.807) is 43.5 Å². The maximum Gasteiger partial charge on any atom is 0.260 e. The number of phenols is 1. The van der Waals surface area contributed by atoms with Crippen LogP contribution < -0.4 is 10.1 Å². The topological polar surface area (TPSA) is 199 Å². The highest BCUT2D eigenvalue weighted by Gasteiger charge is 2.75. The predicted molar refractivity (Wildman–Crippen MR) is 239 cm³/mol. The number of fused-ring (bicyclic) bond motifs is 6. The van der Waals surface area contributed by atoms with E-state index in [0.717, 1.165) is 102 Å². The minimum absolute atomic E-state index is 0.00312. The Balaban J connectivity index is 1.10. The summed E-state index contributed by atoms with van der Waals surface area (Å²) in [5.74, 6) is -3.67. The second-order valence-corrected chi connectivity index (χ2v) is 22.8. The lowest BCUT2D eigenvalue weighted by Gasteiger charge is -2.63. The number of hydrogen-bond donors (Lipinski definition) is 7. The molecule has 7 aliphatic carbocycles. The second-order valence-electron chi connectivity index (χ2n) is 22.8. The minimum atomic E-state index is -2.29.